The van der Waals surface area contributed by atoms with Crippen molar-refractivity contribution in [3.8, 4) is 0 Å². The fourth-order valence-corrected chi connectivity index (χ4v) is 4.28. The first-order valence-electron chi connectivity index (χ1n) is 8.85. The Bertz CT molecular complexity index is 682. The van der Waals surface area contributed by atoms with Gasteiger partial charge in [-0.15, -0.1) is 12.4 Å². The molecule has 1 saturated heterocycles. The van der Waals surface area contributed by atoms with Gasteiger partial charge in [0, 0.05) is 38.6 Å². The van der Waals surface area contributed by atoms with Crippen molar-refractivity contribution in [3.05, 3.63) is 29.8 Å². The molecular weight excluding hydrogens is 374 g/mol. The number of carbonyl (C=O) groups excluding carboxylic acids is 1. The van der Waals surface area contributed by atoms with Crippen LogP contribution in [0.3, 0.4) is 0 Å². The predicted molar refractivity (Wildman–Crippen MR) is 106 cm³/mol. The summed E-state index contributed by atoms with van der Waals surface area (Å²) in [5, 5.41) is 0. The van der Waals surface area contributed by atoms with E-state index in [2.05, 4.69) is 13.8 Å². The van der Waals surface area contributed by atoms with E-state index in [-0.39, 0.29) is 24.4 Å². The summed E-state index contributed by atoms with van der Waals surface area (Å²) in [5.74, 6) is 0.415. The molecule has 0 aromatic heterocycles. The molecule has 26 heavy (non-hydrogen) atoms. The fraction of sp³-hybridized carbons (Fsp3) is 0.611. The lowest BCUT2D eigenvalue weighted by Gasteiger charge is -2.34. The van der Waals surface area contributed by atoms with Gasteiger partial charge in [0.1, 0.15) is 0 Å². The van der Waals surface area contributed by atoms with Crippen molar-refractivity contribution in [3.63, 3.8) is 0 Å². The van der Waals surface area contributed by atoms with Crippen LogP contribution in [0.1, 0.15) is 45.1 Å². The zero-order valence-corrected chi connectivity index (χ0v) is 17.4. The Kier molecular flexibility index (Phi) is 8.53. The number of sulfonamides is 1. The molecular formula is C18H30ClN3O3S. The zero-order chi connectivity index (χ0) is 18.6. The number of piperazine rings is 1. The SMILES string of the molecule is CC(N)CCC(=O)N1CCN(S(=O)(=O)c2ccc(C(C)C)cc2)CC1.Cl. The van der Waals surface area contributed by atoms with Crippen LogP contribution in [-0.4, -0.2) is 55.8 Å². The number of amides is 1. The second kappa shape index (κ2) is 9.69. The molecule has 1 fully saturated rings. The quantitative estimate of drug-likeness (QED) is 0.789. The van der Waals surface area contributed by atoms with Crippen LogP contribution in [0.4, 0.5) is 0 Å². The van der Waals surface area contributed by atoms with E-state index < -0.39 is 10.0 Å². The van der Waals surface area contributed by atoms with Gasteiger partial charge in [-0.05, 0) is 37.0 Å². The number of nitrogens with zero attached hydrogens (tertiary/aromatic N) is 2. The highest BCUT2D eigenvalue weighted by molar-refractivity contribution is 7.89. The minimum Gasteiger partial charge on any atom is -0.340 e. The van der Waals surface area contributed by atoms with Gasteiger partial charge in [-0.3, -0.25) is 4.79 Å². The van der Waals surface area contributed by atoms with Crippen LogP contribution in [0, 0.1) is 0 Å². The Morgan fingerprint density at radius 2 is 1.62 bits per heavy atom. The number of hydrogen-bond acceptors (Lipinski definition) is 4. The van der Waals surface area contributed by atoms with E-state index in [1.165, 1.54) is 4.31 Å². The van der Waals surface area contributed by atoms with Gasteiger partial charge in [0.05, 0.1) is 4.90 Å². The molecule has 0 radical (unpaired) electrons. The third kappa shape index (κ3) is 5.67. The summed E-state index contributed by atoms with van der Waals surface area (Å²) in [4.78, 5) is 14.2. The lowest BCUT2D eigenvalue weighted by atomic mass is 10.0. The van der Waals surface area contributed by atoms with Crippen LogP contribution >= 0.6 is 12.4 Å². The van der Waals surface area contributed by atoms with Gasteiger partial charge in [-0.1, -0.05) is 26.0 Å². The van der Waals surface area contributed by atoms with E-state index in [4.69, 9.17) is 5.73 Å². The van der Waals surface area contributed by atoms with Gasteiger partial charge in [0.2, 0.25) is 15.9 Å². The summed E-state index contributed by atoms with van der Waals surface area (Å²) >= 11 is 0. The third-order valence-electron chi connectivity index (χ3n) is 4.59. The molecule has 1 amide bonds. The van der Waals surface area contributed by atoms with Crippen molar-refractivity contribution in [2.45, 2.75) is 50.5 Å². The van der Waals surface area contributed by atoms with E-state index in [1.54, 1.807) is 17.0 Å². The van der Waals surface area contributed by atoms with Crippen LogP contribution in [0.25, 0.3) is 0 Å². The Morgan fingerprint density at radius 1 is 1.08 bits per heavy atom. The van der Waals surface area contributed by atoms with Gasteiger partial charge in [-0.2, -0.15) is 4.31 Å². The maximum absolute atomic E-state index is 12.8. The van der Waals surface area contributed by atoms with E-state index in [1.807, 2.05) is 19.1 Å². The van der Waals surface area contributed by atoms with Crippen molar-refractivity contribution in [2.24, 2.45) is 5.73 Å². The number of carbonyl (C=O) groups is 1. The summed E-state index contributed by atoms with van der Waals surface area (Å²) in [6.07, 6.45) is 1.07. The molecule has 2 rings (SSSR count). The summed E-state index contributed by atoms with van der Waals surface area (Å²) in [6, 6.07) is 7.08. The first-order valence-corrected chi connectivity index (χ1v) is 10.3. The second-order valence-electron chi connectivity index (χ2n) is 7.02. The molecule has 0 saturated carbocycles. The van der Waals surface area contributed by atoms with E-state index in [0.717, 1.165) is 5.56 Å². The molecule has 1 aromatic rings. The molecule has 148 valence electrons. The largest absolute Gasteiger partial charge is 0.340 e. The Labute approximate surface area is 163 Å². The molecule has 8 heteroatoms. The Hall–Kier alpha value is -1.15. The summed E-state index contributed by atoms with van der Waals surface area (Å²) in [6.45, 7) is 7.55. The van der Waals surface area contributed by atoms with Gasteiger partial charge in [0.25, 0.3) is 0 Å². The normalized spacial score (nSPS) is 17.0. The average Bonchev–Trinajstić information content (AvgIpc) is 2.59. The molecule has 6 nitrogen and oxygen atoms in total. The maximum atomic E-state index is 12.8. The molecule has 1 heterocycles. The van der Waals surface area contributed by atoms with Gasteiger partial charge < -0.3 is 10.6 Å². The van der Waals surface area contributed by atoms with Gasteiger partial charge in [-0.25, -0.2) is 8.42 Å². The zero-order valence-electron chi connectivity index (χ0n) is 15.7. The minimum atomic E-state index is -3.50. The van der Waals surface area contributed by atoms with Crippen LogP contribution in [-0.2, 0) is 14.8 Å². The summed E-state index contributed by atoms with van der Waals surface area (Å²) in [7, 11) is -3.50. The molecule has 1 aromatic carbocycles. The van der Waals surface area contributed by atoms with E-state index >= 15 is 0 Å². The number of rotatable bonds is 6. The molecule has 1 atom stereocenters. The molecule has 2 N–H and O–H groups in total. The molecule has 1 aliphatic heterocycles. The second-order valence-corrected chi connectivity index (χ2v) is 8.96. The smallest absolute Gasteiger partial charge is 0.243 e. The first kappa shape index (κ1) is 22.9. The molecule has 0 spiro atoms. The molecule has 1 aliphatic rings. The number of benzene rings is 1. The monoisotopic (exact) mass is 403 g/mol. The Balaban J connectivity index is 0.00000338. The summed E-state index contributed by atoms with van der Waals surface area (Å²) < 4.78 is 27.0. The van der Waals surface area contributed by atoms with Crippen LogP contribution < -0.4 is 5.73 Å². The van der Waals surface area contributed by atoms with E-state index in [0.29, 0.717) is 49.8 Å². The molecule has 1 unspecified atom stereocenters. The first-order chi connectivity index (χ1) is 11.7. The van der Waals surface area contributed by atoms with E-state index in [9.17, 15) is 13.2 Å². The highest BCUT2D eigenvalue weighted by Gasteiger charge is 2.30. The molecule has 0 bridgehead atoms. The predicted octanol–water partition coefficient (Wildman–Crippen LogP) is 2.19. The van der Waals surface area contributed by atoms with Crippen LogP contribution in [0.2, 0.25) is 0 Å². The lowest BCUT2D eigenvalue weighted by molar-refractivity contribution is -0.132. The van der Waals surface area contributed by atoms with Gasteiger partial charge in [0.15, 0.2) is 0 Å². The lowest BCUT2D eigenvalue weighted by Crippen LogP contribution is -2.50. The van der Waals surface area contributed by atoms with Crippen LogP contribution in [0.15, 0.2) is 29.2 Å². The number of halogens is 1. The highest BCUT2D eigenvalue weighted by Crippen LogP contribution is 2.21. The minimum absolute atomic E-state index is 0. The van der Waals surface area contributed by atoms with Gasteiger partial charge >= 0.3 is 0 Å². The van der Waals surface area contributed by atoms with Crippen molar-refractivity contribution in [1.82, 2.24) is 9.21 Å². The fourth-order valence-electron chi connectivity index (χ4n) is 2.86. The summed E-state index contributed by atoms with van der Waals surface area (Å²) in [5.41, 5.74) is 6.80. The molecule has 0 aliphatic carbocycles. The van der Waals surface area contributed by atoms with Crippen LogP contribution in [0.5, 0.6) is 0 Å². The number of hydrogen-bond donors (Lipinski definition) is 1. The topological polar surface area (TPSA) is 83.7 Å². The highest BCUT2D eigenvalue weighted by atomic mass is 35.5. The van der Waals surface area contributed by atoms with Crippen molar-refractivity contribution in [2.75, 3.05) is 26.2 Å². The number of nitrogens with two attached hydrogens (primary N) is 1. The van der Waals surface area contributed by atoms with Crippen molar-refractivity contribution >= 4 is 28.3 Å². The third-order valence-corrected chi connectivity index (χ3v) is 6.50. The van der Waals surface area contributed by atoms with Crippen molar-refractivity contribution in [1.29, 1.82) is 0 Å². The standard InChI is InChI=1S/C18H29N3O3S.ClH/c1-14(2)16-5-7-17(8-6-16)25(23,24)21-12-10-20(11-13-21)18(22)9-4-15(3)19;/h5-8,14-15H,4,9-13,19H2,1-3H3;1H. The Morgan fingerprint density at radius 3 is 2.08 bits per heavy atom. The average molecular weight is 404 g/mol. The maximum Gasteiger partial charge on any atom is 0.243 e. The van der Waals surface area contributed by atoms with Crippen molar-refractivity contribution < 1.29 is 13.2 Å².